The SMILES string of the molecule is CN(C)c1ccc(C(=O)NN2CCCCC2)cc1. The van der Waals surface area contributed by atoms with Crippen molar-refractivity contribution in [2.45, 2.75) is 19.3 Å². The van der Waals surface area contributed by atoms with E-state index in [1.807, 2.05) is 48.3 Å². The number of amides is 1. The van der Waals surface area contributed by atoms with Gasteiger partial charge in [-0.1, -0.05) is 6.42 Å². The van der Waals surface area contributed by atoms with Crippen LogP contribution < -0.4 is 10.3 Å². The van der Waals surface area contributed by atoms with Crippen molar-refractivity contribution in [1.82, 2.24) is 10.4 Å². The number of benzene rings is 1. The van der Waals surface area contributed by atoms with E-state index >= 15 is 0 Å². The molecule has 0 saturated carbocycles. The number of hydrogen-bond acceptors (Lipinski definition) is 3. The summed E-state index contributed by atoms with van der Waals surface area (Å²) in [7, 11) is 3.98. The summed E-state index contributed by atoms with van der Waals surface area (Å²) >= 11 is 0. The Morgan fingerprint density at radius 3 is 2.28 bits per heavy atom. The molecule has 1 aromatic carbocycles. The van der Waals surface area contributed by atoms with Crippen molar-refractivity contribution in [3.63, 3.8) is 0 Å². The first kappa shape index (κ1) is 12.9. The highest BCUT2D eigenvalue weighted by Gasteiger charge is 2.13. The first-order chi connectivity index (χ1) is 8.66. The van der Waals surface area contributed by atoms with Crippen molar-refractivity contribution in [3.05, 3.63) is 29.8 Å². The molecule has 1 aliphatic heterocycles. The molecule has 98 valence electrons. The molecule has 0 aliphatic carbocycles. The molecule has 4 heteroatoms. The van der Waals surface area contributed by atoms with Gasteiger partial charge < -0.3 is 4.90 Å². The minimum atomic E-state index is -0.0118. The Labute approximate surface area is 109 Å². The lowest BCUT2D eigenvalue weighted by Gasteiger charge is -2.26. The standard InChI is InChI=1S/C14H21N3O/c1-16(2)13-8-6-12(7-9-13)14(18)15-17-10-4-3-5-11-17/h6-9H,3-5,10-11H2,1-2H3,(H,15,18). The molecule has 1 saturated heterocycles. The zero-order valence-electron chi connectivity index (χ0n) is 11.1. The highest BCUT2D eigenvalue weighted by atomic mass is 16.2. The number of nitrogens with one attached hydrogen (secondary N) is 1. The first-order valence-corrected chi connectivity index (χ1v) is 6.50. The third kappa shape index (κ3) is 3.23. The van der Waals surface area contributed by atoms with Crippen molar-refractivity contribution in [1.29, 1.82) is 0 Å². The van der Waals surface area contributed by atoms with Gasteiger partial charge in [-0.3, -0.25) is 10.2 Å². The molecule has 0 unspecified atom stereocenters. The highest BCUT2D eigenvalue weighted by molar-refractivity contribution is 5.94. The monoisotopic (exact) mass is 247 g/mol. The average molecular weight is 247 g/mol. The lowest BCUT2D eigenvalue weighted by Crippen LogP contribution is -2.45. The number of anilines is 1. The molecule has 4 nitrogen and oxygen atoms in total. The van der Waals surface area contributed by atoms with Crippen molar-refractivity contribution in [2.24, 2.45) is 0 Å². The molecule has 18 heavy (non-hydrogen) atoms. The largest absolute Gasteiger partial charge is 0.378 e. The Balaban J connectivity index is 1.95. The number of piperidine rings is 1. The van der Waals surface area contributed by atoms with E-state index in [4.69, 9.17) is 0 Å². The minimum absolute atomic E-state index is 0.0118. The molecule has 1 fully saturated rings. The van der Waals surface area contributed by atoms with Gasteiger partial charge in [0, 0.05) is 38.4 Å². The van der Waals surface area contributed by atoms with E-state index in [9.17, 15) is 4.79 Å². The number of carbonyl (C=O) groups is 1. The average Bonchev–Trinajstić information content (AvgIpc) is 2.40. The molecule has 0 radical (unpaired) electrons. The Morgan fingerprint density at radius 1 is 1.11 bits per heavy atom. The van der Waals surface area contributed by atoms with E-state index in [2.05, 4.69) is 5.43 Å². The van der Waals surface area contributed by atoms with E-state index in [1.165, 1.54) is 19.3 Å². The van der Waals surface area contributed by atoms with Gasteiger partial charge in [0.05, 0.1) is 0 Å². The van der Waals surface area contributed by atoms with Gasteiger partial charge in [-0.25, -0.2) is 5.01 Å². The molecule has 0 spiro atoms. The smallest absolute Gasteiger partial charge is 0.265 e. The Kier molecular flexibility index (Phi) is 4.20. The van der Waals surface area contributed by atoms with Crippen LogP contribution in [-0.2, 0) is 0 Å². The number of nitrogens with zero attached hydrogens (tertiary/aromatic N) is 2. The molecule has 0 atom stereocenters. The minimum Gasteiger partial charge on any atom is -0.378 e. The third-order valence-electron chi connectivity index (χ3n) is 3.26. The van der Waals surface area contributed by atoms with Gasteiger partial charge in [0.2, 0.25) is 0 Å². The van der Waals surface area contributed by atoms with Gasteiger partial charge in [0.15, 0.2) is 0 Å². The molecule has 1 aromatic rings. The van der Waals surface area contributed by atoms with Gasteiger partial charge in [-0.15, -0.1) is 0 Å². The lowest BCUT2D eigenvalue weighted by atomic mass is 10.1. The molecule has 1 aliphatic rings. The van der Waals surface area contributed by atoms with Gasteiger partial charge in [0.1, 0.15) is 0 Å². The Morgan fingerprint density at radius 2 is 1.72 bits per heavy atom. The molecule has 0 bridgehead atoms. The summed E-state index contributed by atoms with van der Waals surface area (Å²) in [5, 5.41) is 2.02. The maximum atomic E-state index is 12.0. The van der Waals surface area contributed by atoms with Crippen molar-refractivity contribution in [3.8, 4) is 0 Å². The van der Waals surface area contributed by atoms with Crippen LogP contribution >= 0.6 is 0 Å². The maximum absolute atomic E-state index is 12.0. The predicted octanol–water partition coefficient (Wildman–Crippen LogP) is 1.88. The van der Waals surface area contributed by atoms with Crippen molar-refractivity contribution in [2.75, 3.05) is 32.1 Å². The maximum Gasteiger partial charge on any atom is 0.265 e. The van der Waals surface area contributed by atoms with Gasteiger partial charge in [-0.2, -0.15) is 0 Å². The van der Waals surface area contributed by atoms with E-state index in [0.717, 1.165) is 18.8 Å². The van der Waals surface area contributed by atoms with Crippen LogP contribution in [0, 0.1) is 0 Å². The van der Waals surface area contributed by atoms with Gasteiger partial charge in [-0.05, 0) is 37.1 Å². The number of hydrazine groups is 1. The lowest BCUT2D eigenvalue weighted by molar-refractivity contribution is 0.0750. The molecular weight excluding hydrogens is 226 g/mol. The summed E-state index contributed by atoms with van der Waals surface area (Å²) < 4.78 is 0. The summed E-state index contributed by atoms with van der Waals surface area (Å²) in [6.07, 6.45) is 3.60. The van der Waals surface area contributed by atoms with Crippen LogP contribution in [0.2, 0.25) is 0 Å². The normalized spacial score (nSPS) is 16.3. The van der Waals surface area contributed by atoms with Crippen LogP contribution in [0.4, 0.5) is 5.69 Å². The number of hydrogen-bond donors (Lipinski definition) is 1. The van der Waals surface area contributed by atoms with E-state index < -0.39 is 0 Å². The van der Waals surface area contributed by atoms with Gasteiger partial charge in [0.25, 0.3) is 5.91 Å². The van der Waals surface area contributed by atoms with E-state index in [-0.39, 0.29) is 5.91 Å². The van der Waals surface area contributed by atoms with Crippen LogP contribution in [0.15, 0.2) is 24.3 Å². The van der Waals surface area contributed by atoms with Crippen LogP contribution in [0.5, 0.6) is 0 Å². The van der Waals surface area contributed by atoms with Crippen LogP contribution in [0.3, 0.4) is 0 Å². The second-order valence-electron chi connectivity index (χ2n) is 4.93. The zero-order valence-corrected chi connectivity index (χ0v) is 11.1. The molecule has 0 aromatic heterocycles. The summed E-state index contributed by atoms with van der Waals surface area (Å²) in [4.78, 5) is 14.0. The fourth-order valence-electron chi connectivity index (χ4n) is 2.12. The Hall–Kier alpha value is -1.55. The van der Waals surface area contributed by atoms with Crippen LogP contribution in [0.1, 0.15) is 29.6 Å². The zero-order chi connectivity index (χ0) is 13.0. The predicted molar refractivity (Wildman–Crippen MR) is 73.7 cm³/mol. The summed E-state index contributed by atoms with van der Waals surface area (Å²) in [6, 6.07) is 7.67. The summed E-state index contributed by atoms with van der Waals surface area (Å²) in [5.74, 6) is -0.0118. The van der Waals surface area contributed by atoms with Crippen LogP contribution in [0.25, 0.3) is 0 Å². The highest BCUT2D eigenvalue weighted by Crippen LogP contribution is 2.13. The molecule has 1 amide bonds. The topological polar surface area (TPSA) is 35.6 Å². The third-order valence-corrected chi connectivity index (χ3v) is 3.26. The van der Waals surface area contributed by atoms with E-state index in [1.54, 1.807) is 0 Å². The summed E-state index contributed by atoms with van der Waals surface area (Å²) in [6.45, 7) is 1.92. The van der Waals surface area contributed by atoms with Gasteiger partial charge >= 0.3 is 0 Å². The molecule has 2 rings (SSSR count). The second-order valence-corrected chi connectivity index (χ2v) is 4.93. The van der Waals surface area contributed by atoms with E-state index in [0.29, 0.717) is 5.56 Å². The number of rotatable bonds is 3. The number of carbonyl (C=O) groups excluding carboxylic acids is 1. The fraction of sp³-hybridized carbons (Fsp3) is 0.500. The molecule has 1 N–H and O–H groups in total. The summed E-state index contributed by atoms with van der Waals surface area (Å²) in [5.41, 5.74) is 4.78. The Bertz CT molecular complexity index is 394. The van der Waals surface area contributed by atoms with Crippen molar-refractivity contribution >= 4 is 11.6 Å². The quantitative estimate of drug-likeness (QED) is 0.886. The fourth-order valence-corrected chi connectivity index (χ4v) is 2.12. The first-order valence-electron chi connectivity index (χ1n) is 6.50. The second kappa shape index (κ2) is 5.87. The van der Waals surface area contributed by atoms with Crippen molar-refractivity contribution < 1.29 is 4.79 Å². The molecule has 1 heterocycles. The van der Waals surface area contributed by atoms with Crippen LogP contribution in [-0.4, -0.2) is 38.1 Å². The molecular formula is C14H21N3O.